The van der Waals surface area contributed by atoms with Crippen LogP contribution in [0.2, 0.25) is 0 Å². The van der Waals surface area contributed by atoms with Gasteiger partial charge in [0.05, 0.1) is 19.8 Å². The highest BCUT2D eigenvalue weighted by atomic mass is 16.8. The smallest absolute Gasteiger partial charge is 0.442 e. The number of imide groups is 1. The van der Waals surface area contributed by atoms with E-state index in [1.165, 1.54) is 0 Å². The lowest BCUT2D eigenvalue weighted by Crippen LogP contribution is -2.44. The predicted molar refractivity (Wildman–Crippen MR) is 98.0 cm³/mol. The Bertz CT molecular complexity index is 456. The molecule has 0 aliphatic rings. The standard InChI is InChI=1S/C17H33N3O7/c1-16(2,3)26-14(22)20(15(23)27-17(4,5)6)25-11-8-18-12-13(21)19-9-10-24-7/h18H,8-12H2,1-7H3,(H,19,21). The summed E-state index contributed by atoms with van der Waals surface area (Å²) >= 11 is 0. The van der Waals surface area contributed by atoms with Gasteiger partial charge in [-0.3, -0.25) is 9.63 Å². The molecule has 0 rings (SSSR count). The minimum absolute atomic E-state index is 0.0517. The van der Waals surface area contributed by atoms with Crippen molar-refractivity contribution in [2.45, 2.75) is 52.7 Å². The molecule has 0 aliphatic heterocycles. The summed E-state index contributed by atoms with van der Waals surface area (Å²) in [5.41, 5.74) is -1.61. The fraction of sp³-hybridized carbons (Fsp3) is 0.824. The summed E-state index contributed by atoms with van der Waals surface area (Å²) < 4.78 is 15.1. The van der Waals surface area contributed by atoms with Crippen molar-refractivity contribution in [1.29, 1.82) is 0 Å². The van der Waals surface area contributed by atoms with Gasteiger partial charge in [0.2, 0.25) is 5.91 Å². The number of methoxy groups -OCH3 is 1. The van der Waals surface area contributed by atoms with E-state index < -0.39 is 23.4 Å². The predicted octanol–water partition coefficient (Wildman–Crippen LogP) is 1.44. The number of carbonyl (C=O) groups excluding carboxylic acids is 3. The Morgan fingerprint density at radius 2 is 1.37 bits per heavy atom. The van der Waals surface area contributed by atoms with E-state index >= 15 is 0 Å². The van der Waals surface area contributed by atoms with Crippen LogP contribution in [-0.4, -0.2) is 74.3 Å². The summed E-state index contributed by atoms with van der Waals surface area (Å²) in [4.78, 5) is 41.1. The van der Waals surface area contributed by atoms with Crippen LogP contribution in [0.25, 0.3) is 0 Å². The first-order valence-electron chi connectivity index (χ1n) is 8.71. The summed E-state index contributed by atoms with van der Waals surface area (Å²) in [7, 11) is 1.54. The van der Waals surface area contributed by atoms with Crippen LogP contribution in [0.15, 0.2) is 0 Å². The van der Waals surface area contributed by atoms with E-state index in [0.29, 0.717) is 18.2 Å². The van der Waals surface area contributed by atoms with Crippen LogP contribution in [0.4, 0.5) is 9.59 Å². The maximum Gasteiger partial charge on any atom is 0.444 e. The Labute approximate surface area is 160 Å². The summed E-state index contributed by atoms with van der Waals surface area (Å²) in [5.74, 6) is -0.205. The summed E-state index contributed by atoms with van der Waals surface area (Å²) in [6, 6.07) is 0. The van der Waals surface area contributed by atoms with Crippen LogP contribution in [0.1, 0.15) is 41.5 Å². The van der Waals surface area contributed by atoms with Crippen molar-refractivity contribution in [3.63, 3.8) is 0 Å². The van der Waals surface area contributed by atoms with E-state index in [2.05, 4.69) is 10.6 Å². The van der Waals surface area contributed by atoms with Gasteiger partial charge in [-0.05, 0) is 41.5 Å². The van der Waals surface area contributed by atoms with Crippen molar-refractivity contribution in [3.8, 4) is 0 Å². The van der Waals surface area contributed by atoms with Crippen molar-refractivity contribution in [2.75, 3.05) is 40.0 Å². The van der Waals surface area contributed by atoms with Crippen LogP contribution in [0.5, 0.6) is 0 Å². The molecule has 2 N–H and O–H groups in total. The van der Waals surface area contributed by atoms with Crippen LogP contribution in [-0.2, 0) is 23.8 Å². The Kier molecular flexibility index (Phi) is 10.9. The topological polar surface area (TPSA) is 115 Å². The lowest BCUT2D eigenvalue weighted by molar-refractivity contribution is -0.137. The summed E-state index contributed by atoms with van der Waals surface area (Å²) in [6.45, 7) is 11.1. The van der Waals surface area contributed by atoms with Crippen molar-refractivity contribution in [3.05, 3.63) is 0 Å². The number of carbonyl (C=O) groups is 3. The summed E-state index contributed by atoms with van der Waals surface area (Å²) in [6.07, 6.45) is -1.96. The maximum absolute atomic E-state index is 12.2. The average Bonchev–Trinajstić information content (AvgIpc) is 2.47. The molecular formula is C17H33N3O7. The van der Waals surface area contributed by atoms with E-state index in [-0.39, 0.29) is 25.6 Å². The zero-order valence-corrected chi connectivity index (χ0v) is 17.3. The van der Waals surface area contributed by atoms with Crippen LogP contribution >= 0.6 is 0 Å². The zero-order valence-electron chi connectivity index (χ0n) is 17.3. The lowest BCUT2D eigenvalue weighted by atomic mass is 10.2. The Balaban J connectivity index is 4.49. The fourth-order valence-corrected chi connectivity index (χ4v) is 1.55. The number of amides is 3. The number of nitrogens with one attached hydrogen (secondary N) is 2. The van der Waals surface area contributed by atoms with Crippen LogP contribution < -0.4 is 10.6 Å². The molecule has 0 fully saturated rings. The summed E-state index contributed by atoms with van der Waals surface area (Å²) in [5, 5.41) is 5.92. The molecule has 0 spiro atoms. The largest absolute Gasteiger partial charge is 0.444 e. The number of nitrogens with zero attached hydrogens (tertiary/aromatic N) is 1. The Hall–Kier alpha value is -1.91. The normalized spacial score (nSPS) is 11.7. The molecule has 10 nitrogen and oxygen atoms in total. The van der Waals surface area contributed by atoms with Crippen LogP contribution in [0.3, 0.4) is 0 Å². The molecule has 158 valence electrons. The van der Waals surface area contributed by atoms with Crippen molar-refractivity contribution in [1.82, 2.24) is 15.7 Å². The van der Waals surface area contributed by atoms with Gasteiger partial charge in [0, 0.05) is 20.2 Å². The van der Waals surface area contributed by atoms with Crippen molar-refractivity contribution < 1.29 is 33.4 Å². The van der Waals surface area contributed by atoms with Crippen LogP contribution in [0, 0.1) is 0 Å². The van der Waals surface area contributed by atoms with Gasteiger partial charge in [-0.25, -0.2) is 9.59 Å². The molecule has 0 bridgehead atoms. The van der Waals surface area contributed by atoms with Gasteiger partial charge in [0.25, 0.3) is 0 Å². The molecule has 10 heteroatoms. The van der Waals surface area contributed by atoms with E-state index in [4.69, 9.17) is 19.0 Å². The first kappa shape index (κ1) is 25.1. The van der Waals surface area contributed by atoms with Gasteiger partial charge >= 0.3 is 12.2 Å². The minimum atomic E-state index is -0.978. The average molecular weight is 391 g/mol. The molecular weight excluding hydrogens is 358 g/mol. The number of hydroxylamine groups is 2. The highest BCUT2D eigenvalue weighted by Gasteiger charge is 2.32. The highest BCUT2D eigenvalue weighted by molar-refractivity contribution is 5.86. The van der Waals surface area contributed by atoms with E-state index in [9.17, 15) is 14.4 Å². The van der Waals surface area contributed by atoms with Gasteiger partial charge in [0.1, 0.15) is 11.2 Å². The van der Waals surface area contributed by atoms with E-state index in [1.807, 2.05) is 0 Å². The second kappa shape index (κ2) is 11.7. The quantitative estimate of drug-likeness (QED) is 0.448. The third-order valence-corrected chi connectivity index (χ3v) is 2.53. The van der Waals surface area contributed by atoms with Gasteiger partial charge in [0.15, 0.2) is 0 Å². The zero-order chi connectivity index (χ0) is 21.1. The van der Waals surface area contributed by atoms with Crippen molar-refractivity contribution in [2.24, 2.45) is 0 Å². The maximum atomic E-state index is 12.2. The third kappa shape index (κ3) is 13.9. The number of ether oxygens (including phenoxy) is 3. The molecule has 0 heterocycles. The number of hydrogen-bond acceptors (Lipinski definition) is 8. The van der Waals surface area contributed by atoms with E-state index in [1.54, 1.807) is 48.7 Å². The van der Waals surface area contributed by atoms with E-state index in [0.717, 1.165) is 0 Å². The lowest BCUT2D eigenvalue weighted by Gasteiger charge is -2.27. The molecule has 0 atom stereocenters. The molecule has 27 heavy (non-hydrogen) atoms. The van der Waals surface area contributed by atoms with Crippen molar-refractivity contribution >= 4 is 18.1 Å². The fourth-order valence-electron chi connectivity index (χ4n) is 1.55. The van der Waals surface area contributed by atoms with Gasteiger partial charge in [-0.1, -0.05) is 5.06 Å². The SMILES string of the molecule is COCCNC(=O)CNCCON(C(=O)OC(C)(C)C)C(=O)OC(C)(C)C. The second-order valence-corrected chi connectivity index (χ2v) is 7.61. The third-order valence-electron chi connectivity index (χ3n) is 2.53. The van der Waals surface area contributed by atoms with Gasteiger partial charge in [-0.15, -0.1) is 0 Å². The minimum Gasteiger partial charge on any atom is -0.442 e. The first-order valence-corrected chi connectivity index (χ1v) is 8.71. The first-order chi connectivity index (χ1) is 12.4. The molecule has 0 unspecified atom stereocenters. The molecule has 0 aromatic rings. The number of rotatable bonds is 9. The molecule has 0 aliphatic carbocycles. The van der Waals surface area contributed by atoms with Gasteiger partial charge < -0.3 is 24.8 Å². The monoisotopic (exact) mass is 391 g/mol. The number of hydrogen-bond donors (Lipinski definition) is 2. The molecule has 3 amide bonds. The molecule has 0 saturated heterocycles. The molecule has 0 aromatic carbocycles. The highest BCUT2D eigenvalue weighted by Crippen LogP contribution is 2.14. The second-order valence-electron chi connectivity index (χ2n) is 7.61. The Morgan fingerprint density at radius 1 is 0.852 bits per heavy atom. The molecule has 0 aromatic heterocycles. The molecule has 0 saturated carbocycles. The molecule has 0 radical (unpaired) electrons. The van der Waals surface area contributed by atoms with Gasteiger partial charge in [-0.2, -0.15) is 0 Å². The Morgan fingerprint density at radius 3 is 1.81 bits per heavy atom.